The predicted molar refractivity (Wildman–Crippen MR) is 114 cm³/mol. The SMILES string of the molecule is Cc1cccc(N2CCN(C(=O)c3ccnc(NCCC(C)C)n3)CC2)c1C. The van der Waals surface area contributed by atoms with Crippen molar-refractivity contribution in [2.75, 3.05) is 42.9 Å². The van der Waals surface area contributed by atoms with Gasteiger partial charge in [-0.1, -0.05) is 26.0 Å². The number of nitrogens with one attached hydrogen (secondary N) is 1. The molecule has 1 aromatic heterocycles. The molecule has 0 spiro atoms. The topological polar surface area (TPSA) is 61.4 Å². The van der Waals surface area contributed by atoms with E-state index in [1.54, 1.807) is 12.3 Å². The van der Waals surface area contributed by atoms with E-state index >= 15 is 0 Å². The molecule has 2 aromatic rings. The van der Waals surface area contributed by atoms with Gasteiger partial charge in [0.15, 0.2) is 0 Å². The maximum atomic E-state index is 12.9. The third kappa shape index (κ3) is 4.80. The molecule has 0 radical (unpaired) electrons. The van der Waals surface area contributed by atoms with Crippen molar-refractivity contribution >= 4 is 17.5 Å². The lowest BCUT2D eigenvalue weighted by Gasteiger charge is -2.37. The molecule has 0 saturated carbocycles. The Balaban J connectivity index is 1.60. The molecule has 1 saturated heterocycles. The number of hydrogen-bond donors (Lipinski definition) is 1. The molecular formula is C22H31N5O. The van der Waals surface area contributed by atoms with Crippen LogP contribution >= 0.6 is 0 Å². The number of aromatic nitrogens is 2. The highest BCUT2D eigenvalue weighted by Crippen LogP contribution is 2.24. The third-order valence-corrected chi connectivity index (χ3v) is 5.36. The summed E-state index contributed by atoms with van der Waals surface area (Å²) in [5, 5.41) is 3.21. The van der Waals surface area contributed by atoms with Gasteiger partial charge in [0.25, 0.3) is 5.91 Å². The van der Waals surface area contributed by atoms with Gasteiger partial charge < -0.3 is 15.1 Å². The number of carbonyl (C=O) groups excluding carboxylic acids is 1. The lowest BCUT2D eigenvalue weighted by atomic mass is 10.1. The fourth-order valence-corrected chi connectivity index (χ4v) is 3.43. The minimum atomic E-state index is -0.0186. The number of anilines is 2. The molecule has 1 amide bonds. The standard InChI is InChI=1S/C22H31N5O/c1-16(2)8-10-23-22-24-11-9-19(25-22)21(28)27-14-12-26(13-15-27)20-7-5-6-17(3)18(20)4/h5-7,9,11,16H,8,10,12-15H2,1-4H3,(H,23,24,25). The summed E-state index contributed by atoms with van der Waals surface area (Å²) in [7, 11) is 0. The predicted octanol–water partition coefficient (Wildman–Crippen LogP) is 3.51. The largest absolute Gasteiger partial charge is 0.368 e. The lowest BCUT2D eigenvalue weighted by molar-refractivity contribution is 0.0741. The number of nitrogens with zero attached hydrogens (tertiary/aromatic N) is 4. The van der Waals surface area contributed by atoms with Crippen molar-refractivity contribution in [2.24, 2.45) is 5.92 Å². The smallest absolute Gasteiger partial charge is 0.272 e. The average Bonchev–Trinajstić information content (AvgIpc) is 2.70. The summed E-state index contributed by atoms with van der Waals surface area (Å²) in [4.78, 5) is 25.8. The average molecular weight is 382 g/mol. The molecule has 1 N–H and O–H groups in total. The highest BCUT2D eigenvalue weighted by atomic mass is 16.2. The monoisotopic (exact) mass is 381 g/mol. The molecule has 0 unspecified atom stereocenters. The third-order valence-electron chi connectivity index (χ3n) is 5.36. The number of carbonyl (C=O) groups is 1. The Morgan fingerprint density at radius 1 is 1.14 bits per heavy atom. The Kier molecular flexibility index (Phi) is 6.49. The molecular weight excluding hydrogens is 350 g/mol. The van der Waals surface area contributed by atoms with Gasteiger partial charge in [-0.05, 0) is 49.4 Å². The Morgan fingerprint density at radius 2 is 1.89 bits per heavy atom. The first-order valence-corrected chi connectivity index (χ1v) is 10.1. The molecule has 1 aliphatic rings. The fourth-order valence-electron chi connectivity index (χ4n) is 3.43. The Bertz CT molecular complexity index is 812. The number of hydrogen-bond acceptors (Lipinski definition) is 5. The van der Waals surface area contributed by atoms with Gasteiger partial charge in [0.1, 0.15) is 5.69 Å². The number of piperazine rings is 1. The van der Waals surface area contributed by atoms with Crippen LogP contribution in [0.3, 0.4) is 0 Å². The van der Waals surface area contributed by atoms with Crippen molar-refractivity contribution in [3.63, 3.8) is 0 Å². The molecule has 6 heteroatoms. The molecule has 3 rings (SSSR count). The van der Waals surface area contributed by atoms with Gasteiger partial charge >= 0.3 is 0 Å². The number of benzene rings is 1. The normalized spacial score (nSPS) is 14.5. The summed E-state index contributed by atoms with van der Waals surface area (Å²) < 4.78 is 0. The van der Waals surface area contributed by atoms with E-state index in [0.717, 1.165) is 26.1 Å². The van der Waals surface area contributed by atoms with E-state index < -0.39 is 0 Å². The summed E-state index contributed by atoms with van der Waals surface area (Å²) in [6, 6.07) is 8.11. The highest BCUT2D eigenvalue weighted by Gasteiger charge is 2.24. The van der Waals surface area contributed by atoms with Crippen LogP contribution in [0.15, 0.2) is 30.5 Å². The maximum Gasteiger partial charge on any atom is 0.272 e. The number of aryl methyl sites for hydroxylation is 1. The van der Waals surface area contributed by atoms with E-state index in [1.165, 1.54) is 16.8 Å². The van der Waals surface area contributed by atoms with Crippen LogP contribution in [0.2, 0.25) is 0 Å². The zero-order valence-corrected chi connectivity index (χ0v) is 17.4. The summed E-state index contributed by atoms with van der Waals surface area (Å²) >= 11 is 0. The van der Waals surface area contributed by atoms with E-state index in [0.29, 0.717) is 30.6 Å². The maximum absolute atomic E-state index is 12.9. The van der Waals surface area contributed by atoms with Gasteiger partial charge in [0.05, 0.1) is 0 Å². The van der Waals surface area contributed by atoms with Gasteiger partial charge in [-0.25, -0.2) is 9.97 Å². The van der Waals surface area contributed by atoms with Gasteiger partial charge in [-0.2, -0.15) is 0 Å². The van der Waals surface area contributed by atoms with Crippen LogP contribution in [0, 0.1) is 19.8 Å². The molecule has 1 aromatic carbocycles. The molecule has 0 atom stereocenters. The second kappa shape index (κ2) is 9.04. The number of rotatable bonds is 6. The number of amides is 1. The van der Waals surface area contributed by atoms with Crippen molar-refractivity contribution in [1.29, 1.82) is 0 Å². The molecule has 6 nitrogen and oxygen atoms in total. The zero-order valence-electron chi connectivity index (χ0n) is 17.4. The van der Waals surface area contributed by atoms with Crippen LogP contribution < -0.4 is 10.2 Å². The Hall–Kier alpha value is -2.63. The summed E-state index contributed by atoms with van der Waals surface area (Å²) in [6.45, 7) is 12.5. The van der Waals surface area contributed by atoms with Crippen molar-refractivity contribution in [1.82, 2.24) is 14.9 Å². The summed E-state index contributed by atoms with van der Waals surface area (Å²) in [5.41, 5.74) is 4.35. The minimum Gasteiger partial charge on any atom is -0.368 e. The van der Waals surface area contributed by atoms with E-state index in [-0.39, 0.29) is 5.91 Å². The van der Waals surface area contributed by atoms with Crippen LogP contribution in [0.5, 0.6) is 0 Å². The van der Waals surface area contributed by atoms with Crippen molar-refractivity contribution < 1.29 is 4.79 Å². The summed E-state index contributed by atoms with van der Waals surface area (Å²) in [5.74, 6) is 1.13. The van der Waals surface area contributed by atoms with Crippen LogP contribution in [0.25, 0.3) is 0 Å². The van der Waals surface area contributed by atoms with Gasteiger partial charge in [-0.3, -0.25) is 4.79 Å². The fraction of sp³-hybridized carbons (Fsp3) is 0.500. The van der Waals surface area contributed by atoms with Crippen LogP contribution in [0.1, 0.15) is 41.9 Å². The second-order valence-electron chi connectivity index (χ2n) is 7.87. The first-order valence-electron chi connectivity index (χ1n) is 10.1. The molecule has 28 heavy (non-hydrogen) atoms. The van der Waals surface area contributed by atoms with E-state index in [1.807, 2.05) is 4.90 Å². The van der Waals surface area contributed by atoms with Crippen molar-refractivity contribution in [3.8, 4) is 0 Å². The Labute approximate surface area is 168 Å². The summed E-state index contributed by atoms with van der Waals surface area (Å²) in [6.07, 6.45) is 2.70. The molecule has 0 aliphatic carbocycles. The van der Waals surface area contributed by atoms with Crippen molar-refractivity contribution in [2.45, 2.75) is 34.1 Å². The molecule has 1 fully saturated rings. The van der Waals surface area contributed by atoms with Gasteiger partial charge in [0, 0.05) is 44.6 Å². The second-order valence-corrected chi connectivity index (χ2v) is 7.87. The van der Waals surface area contributed by atoms with Crippen LogP contribution in [-0.4, -0.2) is 53.5 Å². The molecule has 2 heterocycles. The van der Waals surface area contributed by atoms with Crippen LogP contribution in [-0.2, 0) is 0 Å². The first kappa shape index (κ1) is 20.1. The quantitative estimate of drug-likeness (QED) is 0.830. The minimum absolute atomic E-state index is 0.0186. The van der Waals surface area contributed by atoms with E-state index in [9.17, 15) is 4.79 Å². The Morgan fingerprint density at radius 3 is 2.61 bits per heavy atom. The molecule has 0 bridgehead atoms. The molecule has 150 valence electrons. The van der Waals surface area contributed by atoms with E-state index in [4.69, 9.17) is 0 Å². The van der Waals surface area contributed by atoms with Crippen molar-refractivity contribution in [3.05, 3.63) is 47.3 Å². The first-order chi connectivity index (χ1) is 13.5. The zero-order chi connectivity index (χ0) is 20.1. The van der Waals surface area contributed by atoms with Crippen LogP contribution in [0.4, 0.5) is 11.6 Å². The lowest BCUT2D eigenvalue weighted by Crippen LogP contribution is -2.49. The van der Waals surface area contributed by atoms with E-state index in [2.05, 4.69) is 66.1 Å². The van der Waals surface area contributed by atoms with Gasteiger partial charge in [-0.15, -0.1) is 0 Å². The van der Waals surface area contributed by atoms with Gasteiger partial charge in [0.2, 0.25) is 5.95 Å². The highest BCUT2D eigenvalue weighted by molar-refractivity contribution is 5.92. The molecule has 1 aliphatic heterocycles.